The van der Waals surface area contributed by atoms with Gasteiger partial charge in [-0.3, -0.25) is 0 Å². The van der Waals surface area contributed by atoms with Gasteiger partial charge in [0.15, 0.2) is 0 Å². The second kappa shape index (κ2) is 6.35. The van der Waals surface area contributed by atoms with Crippen LogP contribution in [-0.4, -0.2) is 29.6 Å². The first-order chi connectivity index (χ1) is 9.80. The number of benzene rings is 1. The number of nitrogens with zero attached hydrogens (tertiary/aromatic N) is 5. The van der Waals surface area contributed by atoms with Gasteiger partial charge in [0.1, 0.15) is 18.9 Å². The quantitative estimate of drug-likeness (QED) is 0.832. The van der Waals surface area contributed by atoms with Gasteiger partial charge in [0.2, 0.25) is 5.95 Å². The van der Waals surface area contributed by atoms with Crippen molar-refractivity contribution in [1.29, 1.82) is 10.5 Å². The number of hydrogen-bond acceptors (Lipinski definition) is 6. The van der Waals surface area contributed by atoms with E-state index in [1.165, 1.54) is 0 Å². The van der Waals surface area contributed by atoms with E-state index in [-0.39, 0.29) is 13.1 Å². The Balaban J connectivity index is 2.59. The Morgan fingerprint density at radius 2 is 1.85 bits per heavy atom. The minimum Gasteiger partial charge on any atom is -0.354 e. The van der Waals surface area contributed by atoms with E-state index in [0.717, 1.165) is 10.9 Å². The van der Waals surface area contributed by atoms with Gasteiger partial charge >= 0.3 is 0 Å². The normalized spacial score (nSPS) is 9.75. The topological polar surface area (TPSA) is 88.6 Å². The van der Waals surface area contributed by atoms with E-state index in [2.05, 4.69) is 27.4 Å². The van der Waals surface area contributed by atoms with Crippen LogP contribution in [0.5, 0.6) is 0 Å². The molecule has 0 aliphatic heterocycles. The minimum absolute atomic E-state index is 0.111. The van der Waals surface area contributed by atoms with Gasteiger partial charge in [-0.15, -0.1) is 0 Å². The molecule has 0 bridgehead atoms. The van der Waals surface area contributed by atoms with Crippen LogP contribution in [0.4, 0.5) is 11.8 Å². The first kappa shape index (κ1) is 13.6. The lowest BCUT2D eigenvalue weighted by Gasteiger charge is -2.19. The predicted molar refractivity (Wildman–Crippen MR) is 77.1 cm³/mol. The van der Waals surface area contributed by atoms with Crippen molar-refractivity contribution < 1.29 is 0 Å². The maximum Gasteiger partial charge on any atom is 0.225 e. The second-order valence-electron chi connectivity index (χ2n) is 4.09. The zero-order valence-corrected chi connectivity index (χ0v) is 11.2. The Kier molecular flexibility index (Phi) is 4.31. The summed E-state index contributed by atoms with van der Waals surface area (Å²) in [6, 6.07) is 11.7. The second-order valence-corrected chi connectivity index (χ2v) is 4.09. The van der Waals surface area contributed by atoms with E-state index in [1.54, 1.807) is 4.90 Å². The van der Waals surface area contributed by atoms with Crippen molar-refractivity contribution in [3.63, 3.8) is 0 Å². The van der Waals surface area contributed by atoms with E-state index < -0.39 is 0 Å². The maximum absolute atomic E-state index is 8.91. The van der Waals surface area contributed by atoms with Crippen molar-refractivity contribution in [2.24, 2.45) is 0 Å². The molecule has 0 radical (unpaired) electrons. The van der Waals surface area contributed by atoms with Crippen LogP contribution in [0.15, 0.2) is 24.3 Å². The van der Waals surface area contributed by atoms with Crippen LogP contribution in [-0.2, 0) is 0 Å². The van der Waals surface area contributed by atoms with Gasteiger partial charge in [-0.1, -0.05) is 12.1 Å². The van der Waals surface area contributed by atoms with Crippen LogP contribution in [0.25, 0.3) is 10.9 Å². The van der Waals surface area contributed by atoms with Gasteiger partial charge in [0, 0.05) is 11.9 Å². The number of aromatic nitrogens is 2. The molecular formula is C14H14N6. The third kappa shape index (κ3) is 2.76. The van der Waals surface area contributed by atoms with Crippen LogP contribution in [0.3, 0.4) is 0 Å². The molecule has 0 aliphatic rings. The third-order valence-electron chi connectivity index (χ3n) is 2.74. The van der Waals surface area contributed by atoms with Gasteiger partial charge < -0.3 is 10.2 Å². The summed E-state index contributed by atoms with van der Waals surface area (Å²) >= 11 is 0. The average Bonchev–Trinajstić information content (AvgIpc) is 2.46. The van der Waals surface area contributed by atoms with Gasteiger partial charge in [0.05, 0.1) is 17.7 Å². The molecule has 100 valence electrons. The highest BCUT2D eigenvalue weighted by molar-refractivity contribution is 5.90. The molecule has 1 aromatic carbocycles. The largest absolute Gasteiger partial charge is 0.354 e. The number of fused-ring (bicyclic) bond motifs is 1. The fourth-order valence-electron chi connectivity index (χ4n) is 1.91. The number of nitriles is 2. The molecule has 6 heteroatoms. The molecule has 20 heavy (non-hydrogen) atoms. The Morgan fingerprint density at radius 3 is 2.50 bits per heavy atom. The molecule has 0 aliphatic carbocycles. The number of anilines is 2. The summed E-state index contributed by atoms with van der Waals surface area (Å²) in [6.45, 7) is 2.88. The molecule has 0 amide bonds. The molecule has 0 fully saturated rings. The molecule has 0 spiro atoms. The number of nitrogens with one attached hydrogen (secondary N) is 1. The molecule has 2 rings (SSSR count). The lowest BCUT2D eigenvalue weighted by Crippen LogP contribution is -2.25. The molecular weight excluding hydrogens is 252 g/mol. The number of para-hydroxylation sites is 1. The summed E-state index contributed by atoms with van der Waals surface area (Å²) in [4.78, 5) is 10.5. The van der Waals surface area contributed by atoms with E-state index in [4.69, 9.17) is 10.5 Å². The summed E-state index contributed by atoms with van der Waals surface area (Å²) in [5.74, 6) is 1.11. The summed E-state index contributed by atoms with van der Waals surface area (Å²) < 4.78 is 0. The Morgan fingerprint density at radius 1 is 1.15 bits per heavy atom. The van der Waals surface area contributed by atoms with Crippen molar-refractivity contribution in [3.8, 4) is 12.1 Å². The van der Waals surface area contributed by atoms with Gasteiger partial charge in [-0.25, -0.2) is 4.98 Å². The molecule has 1 heterocycles. The SMILES string of the molecule is CCNc1nc(N(CC#N)CC#N)c2ccccc2n1. The lowest BCUT2D eigenvalue weighted by atomic mass is 10.2. The first-order valence-corrected chi connectivity index (χ1v) is 6.29. The zero-order chi connectivity index (χ0) is 14.4. The number of rotatable bonds is 5. The molecule has 0 atom stereocenters. The number of hydrogen-bond donors (Lipinski definition) is 1. The van der Waals surface area contributed by atoms with Crippen LogP contribution in [0.2, 0.25) is 0 Å². The van der Waals surface area contributed by atoms with Crippen molar-refractivity contribution >= 4 is 22.7 Å². The van der Waals surface area contributed by atoms with E-state index in [0.29, 0.717) is 18.3 Å². The molecule has 0 unspecified atom stereocenters. The van der Waals surface area contributed by atoms with Crippen LogP contribution in [0.1, 0.15) is 6.92 Å². The van der Waals surface area contributed by atoms with E-state index >= 15 is 0 Å². The van der Waals surface area contributed by atoms with Gasteiger partial charge in [-0.05, 0) is 19.1 Å². The Hall–Kier alpha value is -2.86. The molecule has 2 aromatic rings. The van der Waals surface area contributed by atoms with Gasteiger partial charge in [-0.2, -0.15) is 15.5 Å². The fourth-order valence-corrected chi connectivity index (χ4v) is 1.91. The lowest BCUT2D eigenvalue weighted by molar-refractivity contribution is 0.935. The highest BCUT2D eigenvalue weighted by Crippen LogP contribution is 2.24. The Labute approximate surface area is 117 Å². The van der Waals surface area contributed by atoms with Crippen LogP contribution in [0, 0.1) is 22.7 Å². The third-order valence-corrected chi connectivity index (χ3v) is 2.74. The summed E-state index contributed by atoms with van der Waals surface area (Å²) in [6.07, 6.45) is 0. The molecule has 1 aromatic heterocycles. The molecule has 0 saturated heterocycles. The predicted octanol–water partition coefficient (Wildman–Crippen LogP) is 1.92. The summed E-state index contributed by atoms with van der Waals surface area (Å²) in [5.41, 5.74) is 0.786. The smallest absolute Gasteiger partial charge is 0.225 e. The highest BCUT2D eigenvalue weighted by atomic mass is 15.2. The summed E-state index contributed by atoms with van der Waals surface area (Å²) in [7, 11) is 0. The zero-order valence-electron chi connectivity index (χ0n) is 11.2. The first-order valence-electron chi connectivity index (χ1n) is 6.29. The van der Waals surface area contributed by atoms with Gasteiger partial charge in [0.25, 0.3) is 0 Å². The minimum atomic E-state index is 0.111. The monoisotopic (exact) mass is 266 g/mol. The van der Waals surface area contributed by atoms with E-state index in [1.807, 2.05) is 31.2 Å². The summed E-state index contributed by atoms with van der Waals surface area (Å²) in [5, 5.41) is 21.7. The standard InChI is InChI=1S/C14H14N6/c1-2-17-14-18-12-6-4-3-5-11(12)13(19-14)20(9-7-15)10-8-16/h3-6H,2,9-10H2,1H3,(H,17,18,19). The van der Waals surface area contributed by atoms with Crippen molar-refractivity contribution in [1.82, 2.24) is 9.97 Å². The Bertz CT molecular complexity index is 666. The van der Waals surface area contributed by atoms with Crippen molar-refractivity contribution in [3.05, 3.63) is 24.3 Å². The molecule has 6 nitrogen and oxygen atoms in total. The molecule has 1 N–H and O–H groups in total. The fraction of sp³-hybridized carbons (Fsp3) is 0.286. The average molecular weight is 266 g/mol. The van der Waals surface area contributed by atoms with E-state index in [9.17, 15) is 0 Å². The molecule has 0 saturated carbocycles. The van der Waals surface area contributed by atoms with Crippen molar-refractivity contribution in [2.45, 2.75) is 6.92 Å². The highest BCUT2D eigenvalue weighted by Gasteiger charge is 2.13. The van der Waals surface area contributed by atoms with Crippen LogP contribution >= 0.6 is 0 Å². The van der Waals surface area contributed by atoms with Crippen molar-refractivity contribution in [2.75, 3.05) is 29.9 Å². The maximum atomic E-state index is 8.91. The van der Waals surface area contributed by atoms with Crippen LogP contribution < -0.4 is 10.2 Å².